The van der Waals surface area contributed by atoms with Gasteiger partial charge in [-0.3, -0.25) is 4.79 Å². The number of anilines is 1. The van der Waals surface area contributed by atoms with Crippen LogP contribution in [0.1, 0.15) is 83.1 Å². The summed E-state index contributed by atoms with van der Waals surface area (Å²) in [4.78, 5) is 12.1. The zero-order valence-electron chi connectivity index (χ0n) is 16.4. The molecule has 0 unspecified atom stereocenters. The Balaban J connectivity index is 1.91. The summed E-state index contributed by atoms with van der Waals surface area (Å²) in [7, 11) is 0. The Morgan fingerprint density at radius 3 is 2.38 bits per heavy atom. The highest BCUT2D eigenvalue weighted by Gasteiger charge is 2.03. The standard InChI is InChI=1S/C24H35NO/c1-21-14-10-8-6-4-2-3-5-7-9-11-19-24(26)25-23-18-13-17-22(20-23)16-12-15-21/h2,4,13,15,17-18,20H,3,5-12,14,16,19H2,1H3,(H,25,26)/b4-2+,21-15-. The molecule has 0 saturated heterocycles. The summed E-state index contributed by atoms with van der Waals surface area (Å²) >= 11 is 0. The van der Waals surface area contributed by atoms with E-state index in [1.807, 2.05) is 12.1 Å². The zero-order valence-corrected chi connectivity index (χ0v) is 16.4. The van der Waals surface area contributed by atoms with E-state index in [0.29, 0.717) is 6.42 Å². The largest absolute Gasteiger partial charge is 0.326 e. The first kappa shape index (κ1) is 20.5. The van der Waals surface area contributed by atoms with Crippen molar-refractivity contribution in [1.82, 2.24) is 0 Å². The number of benzene rings is 1. The molecular formula is C24H35NO. The summed E-state index contributed by atoms with van der Waals surface area (Å²) in [6.45, 7) is 2.25. The van der Waals surface area contributed by atoms with Crippen LogP contribution in [0.4, 0.5) is 5.69 Å². The molecule has 0 spiro atoms. The van der Waals surface area contributed by atoms with E-state index in [1.165, 1.54) is 56.1 Å². The predicted octanol–water partition coefficient (Wildman–Crippen LogP) is 6.97. The van der Waals surface area contributed by atoms with Crippen LogP contribution in [0.25, 0.3) is 0 Å². The fourth-order valence-electron chi connectivity index (χ4n) is 3.42. The number of amides is 1. The maximum Gasteiger partial charge on any atom is 0.224 e. The first-order valence-electron chi connectivity index (χ1n) is 10.4. The molecule has 1 amide bonds. The lowest BCUT2D eigenvalue weighted by Gasteiger charge is -2.07. The van der Waals surface area contributed by atoms with Crippen LogP contribution in [0.15, 0.2) is 48.1 Å². The van der Waals surface area contributed by atoms with E-state index < -0.39 is 0 Å². The first-order chi connectivity index (χ1) is 12.7. The number of carbonyl (C=O) groups excluding carboxylic acids is 1. The van der Waals surface area contributed by atoms with Crippen LogP contribution in [0.2, 0.25) is 0 Å². The van der Waals surface area contributed by atoms with Gasteiger partial charge in [0.2, 0.25) is 5.91 Å². The van der Waals surface area contributed by atoms with E-state index in [-0.39, 0.29) is 5.91 Å². The van der Waals surface area contributed by atoms with Gasteiger partial charge in [-0.1, -0.05) is 48.8 Å². The summed E-state index contributed by atoms with van der Waals surface area (Å²) in [6, 6.07) is 8.31. The lowest BCUT2D eigenvalue weighted by molar-refractivity contribution is -0.116. The fraction of sp³-hybridized carbons (Fsp3) is 0.542. The second-order valence-electron chi connectivity index (χ2n) is 7.51. The molecule has 2 nitrogen and oxygen atoms in total. The van der Waals surface area contributed by atoms with Crippen LogP contribution in [0.5, 0.6) is 0 Å². The lowest BCUT2D eigenvalue weighted by Crippen LogP contribution is -2.11. The number of allylic oxidation sites excluding steroid dienone is 4. The summed E-state index contributed by atoms with van der Waals surface area (Å²) < 4.78 is 0. The monoisotopic (exact) mass is 353 g/mol. The highest BCUT2D eigenvalue weighted by atomic mass is 16.1. The molecule has 1 aromatic rings. The Bertz CT molecular complexity index is 600. The fourth-order valence-corrected chi connectivity index (χ4v) is 3.42. The van der Waals surface area contributed by atoms with Crippen LogP contribution in [0.3, 0.4) is 0 Å². The molecule has 2 heteroatoms. The number of nitrogens with one attached hydrogen (secondary N) is 1. The topological polar surface area (TPSA) is 29.1 Å². The van der Waals surface area contributed by atoms with Crippen molar-refractivity contribution >= 4 is 11.6 Å². The van der Waals surface area contributed by atoms with Gasteiger partial charge in [-0.15, -0.1) is 0 Å². The van der Waals surface area contributed by atoms with Crippen molar-refractivity contribution < 1.29 is 4.79 Å². The van der Waals surface area contributed by atoms with E-state index in [2.05, 4.69) is 42.6 Å². The number of aryl methyl sites for hydroxylation is 1. The summed E-state index contributed by atoms with van der Waals surface area (Å²) in [5, 5.41) is 3.06. The van der Waals surface area contributed by atoms with Crippen molar-refractivity contribution in [2.75, 3.05) is 5.32 Å². The number of fused-ring (bicyclic) bond motifs is 2. The van der Waals surface area contributed by atoms with Crippen molar-refractivity contribution in [2.45, 2.75) is 84.0 Å². The van der Waals surface area contributed by atoms with Gasteiger partial charge in [0.1, 0.15) is 0 Å². The Morgan fingerprint density at radius 1 is 0.808 bits per heavy atom. The Hall–Kier alpha value is -1.83. The van der Waals surface area contributed by atoms with Crippen LogP contribution in [-0.4, -0.2) is 5.91 Å². The second kappa shape index (κ2) is 12.5. The smallest absolute Gasteiger partial charge is 0.224 e. The average Bonchev–Trinajstić information content (AvgIpc) is 2.62. The quantitative estimate of drug-likeness (QED) is 0.501. The molecule has 0 aliphatic carbocycles. The number of hydrogen-bond acceptors (Lipinski definition) is 1. The van der Waals surface area contributed by atoms with Crippen molar-refractivity contribution in [1.29, 1.82) is 0 Å². The SMILES string of the molecule is C/C1=C/CCc2cccc(c2)NC(=O)CCCCCC/C=C/CCCC1. The van der Waals surface area contributed by atoms with E-state index in [4.69, 9.17) is 0 Å². The second-order valence-corrected chi connectivity index (χ2v) is 7.51. The summed E-state index contributed by atoms with van der Waals surface area (Å²) in [6.07, 6.45) is 20.6. The third-order valence-corrected chi connectivity index (χ3v) is 5.02. The third-order valence-electron chi connectivity index (χ3n) is 5.02. The van der Waals surface area contributed by atoms with Crippen LogP contribution in [0, 0.1) is 0 Å². The molecule has 142 valence electrons. The molecule has 26 heavy (non-hydrogen) atoms. The Kier molecular flexibility index (Phi) is 9.86. The molecule has 1 aliphatic rings. The molecule has 0 fully saturated rings. The van der Waals surface area contributed by atoms with Crippen molar-refractivity contribution in [3.8, 4) is 0 Å². The number of hydrogen-bond donors (Lipinski definition) is 1. The van der Waals surface area contributed by atoms with E-state index in [1.54, 1.807) is 0 Å². The van der Waals surface area contributed by atoms with Gasteiger partial charge in [0.05, 0.1) is 0 Å². The Morgan fingerprint density at radius 2 is 1.54 bits per heavy atom. The summed E-state index contributed by atoms with van der Waals surface area (Å²) in [5.74, 6) is 0.142. The van der Waals surface area contributed by atoms with Crippen LogP contribution in [-0.2, 0) is 11.2 Å². The molecule has 0 radical (unpaired) electrons. The molecule has 2 rings (SSSR count). The van der Waals surface area contributed by atoms with Gasteiger partial charge < -0.3 is 5.32 Å². The van der Waals surface area contributed by atoms with E-state index in [0.717, 1.165) is 31.4 Å². The minimum absolute atomic E-state index is 0.142. The molecule has 1 N–H and O–H groups in total. The highest BCUT2D eigenvalue weighted by Crippen LogP contribution is 2.16. The van der Waals surface area contributed by atoms with E-state index >= 15 is 0 Å². The van der Waals surface area contributed by atoms with Gasteiger partial charge in [-0.25, -0.2) is 0 Å². The van der Waals surface area contributed by atoms with Crippen LogP contribution < -0.4 is 5.32 Å². The highest BCUT2D eigenvalue weighted by molar-refractivity contribution is 5.90. The molecule has 0 aromatic heterocycles. The minimum Gasteiger partial charge on any atom is -0.326 e. The maximum absolute atomic E-state index is 12.1. The molecule has 1 heterocycles. The minimum atomic E-state index is 0.142. The van der Waals surface area contributed by atoms with Crippen molar-refractivity contribution in [2.24, 2.45) is 0 Å². The number of rotatable bonds is 0. The van der Waals surface area contributed by atoms with Gasteiger partial charge in [0.25, 0.3) is 0 Å². The molecule has 2 bridgehead atoms. The van der Waals surface area contributed by atoms with Gasteiger partial charge in [0, 0.05) is 12.1 Å². The molecule has 0 atom stereocenters. The van der Waals surface area contributed by atoms with Gasteiger partial charge >= 0.3 is 0 Å². The van der Waals surface area contributed by atoms with Crippen LogP contribution >= 0.6 is 0 Å². The molecule has 1 aromatic carbocycles. The lowest BCUT2D eigenvalue weighted by atomic mass is 10.0. The zero-order chi connectivity index (χ0) is 18.5. The molecule has 1 aliphatic heterocycles. The predicted molar refractivity (Wildman–Crippen MR) is 112 cm³/mol. The van der Waals surface area contributed by atoms with Gasteiger partial charge in [-0.2, -0.15) is 0 Å². The first-order valence-corrected chi connectivity index (χ1v) is 10.4. The molecular weight excluding hydrogens is 318 g/mol. The van der Waals surface area contributed by atoms with E-state index in [9.17, 15) is 4.79 Å². The number of carbonyl (C=O) groups is 1. The third kappa shape index (κ3) is 9.03. The Labute approximate surface area is 159 Å². The van der Waals surface area contributed by atoms with Crippen molar-refractivity contribution in [3.63, 3.8) is 0 Å². The average molecular weight is 354 g/mol. The van der Waals surface area contributed by atoms with Crippen molar-refractivity contribution in [3.05, 3.63) is 53.6 Å². The van der Waals surface area contributed by atoms with Gasteiger partial charge in [-0.05, 0) is 82.4 Å². The maximum atomic E-state index is 12.1. The normalized spacial score (nSPS) is 22.3. The molecule has 0 saturated carbocycles. The van der Waals surface area contributed by atoms with Gasteiger partial charge in [0.15, 0.2) is 0 Å². The summed E-state index contributed by atoms with van der Waals surface area (Å²) in [5.41, 5.74) is 3.73.